The zero-order valence-electron chi connectivity index (χ0n) is 13.0. The van der Waals surface area contributed by atoms with Crippen molar-refractivity contribution in [2.45, 2.75) is 53.0 Å². The van der Waals surface area contributed by atoms with Crippen LogP contribution in [0, 0.1) is 31.6 Å². The van der Waals surface area contributed by atoms with Gasteiger partial charge in [-0.05, 0) is 63.1 Å². The maximum absolute atomic E-state index is 4.63. The highest BCUT2D eigenvalue weighted by atomic mass is 14.9. The van der Waals surface area contributed by atoms with Crippen molar-refractivity contribution in [2.75, 3.05) is 7.05 Å². The van der Waals surface area contributed by atoms with E-state index in [1.54, 1.807) is 0 Å². The maximum atomic E-state index is 4.63. The monoisotopic (exact) mass is 260 g/mol. The van der Waals surface area contributed by atoms with Crippen LogP contribution in [0.25, 0.3) is 0 Å². The van der Waals surface area contributed by atoms with E-state index >= 15 is 0 Å². The van der Waals surface area contributed by atoms with E-state index in [-0.39, 0.29) is 0 Å². The Morgan fingerprint density at radius 3 is 2.47 bits per heavy atom. The third-order valence-corrected chi connectivity index (χ3v) is 5.02. The van der Waals surface area contributed by atoms with Gasteiger partial charge in [0.2, 0.25) is 0 Å². The van der Waals surface area contributed by atoms with E-state index in [4.69, 9.17) is 0 Å². The fraction of sp³-hybridized carbons (Fsp3) is 0.706. The van der Waals surface area contributed by atoms with E-state index < -0.39 is 0 Å². The van der Waals surface area contributed by atoms with E-state index in [1.165, 1.54) is 30.5 Å². The second-order valence-corrected chi connectivity index (χ2v) is 6.42. The molecule has 0 amide bonds. The van der Waals surface area contributed by atoms with Crippen molar-refractivity contribution in [1.29, 1.82) is 0 Å². The molecule has 4 unspecified atom stereocenters. The van der Waals surface area contributed by atoms with Gasteiger partial charge in [0.25, 0.3) is 0 Å². The van der Waals surface area contributed by atoms with Crippen LogP contribution < -0.4 is 5.32 Å². The van der Waals surface area contributed by atoms with Crippen LogP contribution in [0.5, 0.6) is 0 Å². The minimum atomic E-state index is 0.461. The molecule has 0 radical (unpaired) electrons. The molecule has 0 aromatic carbocycles. The Morgan fingerprint density at radius 1 is 1.16 bits per heavy atom. The summed E-state index contributed by atoms with van der Waals surface area (Å²) in [7, 11) is 2.09. The van der Waals surface area contributed by atoms with Gasteiger partial charge in [-0.1, -0.05) is 26.3 Å². The van der Waals surface area contributed by atoms with Crippen LogP contribution in [0.3, 0.4) is 0 Å². The number of aromatic nitrogens is 1. The van der Waals surface area contributed by atoms with Gasteiger partial charge in [0.05, 0.1) is 0 Å². The highest BCUT2D eigenvalue weighted by molar-refractivity contribution is 5.26. The van der Waals surface area contributed by atoms with E-state index in [1.807, 2.05) is 0 Å². The first kappa shape index (κ1) is 14.5. The first-order valence-electron chi connectivity index (χ1n) is 7.64. The van der Waals surface area contributed by atoms with Crippen molar-refractivity contribution >= 4 is 0 Å². The van der Waals surface area contributed by atoms with Gasteiger partial charge < -0.3 is 5.32 Å². The molecule has 19 heavy (non-hydrogen) atoms. The van der Waals surface area contributed by atoms with Crippen molar-refractivity contribution in [3.05, 3.63) is 29.1 Å². The molecule has 0 aliphatic heterocycles. The van der Waals surface area contributed by atoms with Crippen molar-refractivity contribution in [2.24, 2.45) is 17.8 Å². The summed E-state index contributed by atoms with van der Waals surface area (Å²) in [4.78, 5) is 4.63. The molecule has 0 bridgehead atoms. The Labute approximate surface area is 118 Å². The van der Waals surface area contributed by atoms with Crippen molar-refractivity contribution in [1.82, 2.24) is 10.3 Å². The lowest BCUT2D eigenvalue weighted by Gasteiger charge is -2.37. The third kappa shape index (κ3) is 3.17. The molecule has 1 N–H and O–H groups in total. The molecule has 2 nitrogen and oxygen atoms in total. The van der Waals surface area contributed by atoms with Gasteiger partial charge in [-0.2, -0.15) is 0 Å². The molecule has 1 aliphatic carbocycles. The van der Waals surface area contributed by atoms with E-state index in [9.17, 15) is 0 Å². The zero-order chi connectivity index (χ0) is 14.0. The van der Waals surface area contributed by atoms with Crippen LogP contribution in [-0.4, -0.2) is 12.0 Å². The topological polar surface area (TPSA) is 24.9 Å². The predicted octanol–water partition coefficient (Wildman–Crippen LogP) is 4.03. The fourth-order valence-corrected chi connectivity index (χ4v) is 3.56. The summed E-state index contributed by atoms with van der Waals surface area (Å²) < 4.78 is 0. The number of pyridine rings is 1. The number of hydrogen-bond donors (Lipinski definition) is 1. The first-order valence-corrected chi connectivity index (χ1v) is 7.64. The smallest absolute Gasteiger partial charge is 0.0423 e. The maximum Gasteiger partial charge on any atom is 0.0423 e. The Hall–Kier alpha value is -0.890. The molecule has 2 rings (SSSR count). The minimum absolute atomic E-state index is 0.461. The summed E-state index contributed by atoms with van der Waals surface area (Å²) in [6.45, 7) is 9.01. The van der Waals surface area contributed by atoms with Gasteiger partial charge in [0.1, 0.15) is 0 Å². The molecule has 0 saturated heterocycles. The molecule has 1 heterocycles. The average molecular weight is 260 g/mol. The third-order valence-electron chi connectivity index (χ3n) is 5.02. The molecule has 0 spiro atoms. The lowest BCUT2D eigenvalue weighted by molar-refractivity contribution is 0.174. The summed E-state index contributed by atoms with van der Waals surface area (Å²) in [6.07, 6.45) is 4.03. The van der Waals surface area contributed by atoms with Crippen molar-refractivity contribution in [3.63, 3.8) is 0 Å². The molecule has 2 heteroatoms. The Bertz CT molecular complexity index is 427. The molecule has 1 aliphatic rings. The average Bonchev–Trinajstić information content (AvgIpc) is 2.37. The molecule has 106 valence electrons. The van der Waals surface area contributed by atoms with Crippen LogP contribution >= 0.6 is 0 Å². The summed E-state index contributed by atoms with van der Waals surface area (Å²) in [5.41, 5.74) is 3.69. The SMILES string of the molecule is CNC(c1ccc(C)nc1C)C1CCC(C)C(C)C1. The summed E-state index contributed by atoms with van der Waals surface area (Å²) >= 11 is 0. The van der Waals surface area contributed by atoms with Crippen LogP contribution in [-0.2, 0) is 0 Å². The lowest BCUT2D eigenvalue weighted by Crippen LogP contribution is -2.32. The molecular weight excluding hydrogens is 232 g/mol. The summed E-state index contributed by atoms with van der Waals surface area (Å²) in [5, 5.41) is 3.54. The van der Waals surface area contributed by atoms with Gasteiger partial charge in [0.15, 0.2) is 0 Å². The normalized spacial score (nSPS) is 29.2. The second kappa shape index (κ2) is 6.04. The van der Waals surface area contributed by atoms with Crippen molar-refractivity contribution in [3.8, 4) is 0 Å². The fourth-order valence-electron chi connectivity index (χ4n) is 3.56. The zero-order valence-corrected chi connectivity index (χ0v) is 13.0. The number of nitrogens with one attached hydrogen (secondary N) is 1. The summed E-state index contributed by atoms with van der Waals surface area (Å²) in [6, 6.07) is 4.87. The van der Waals surface area contributed by atoms with Gasteiger partial charge in [-0.25, -0.2) is 0 Å². The second-order valence-electron chi connectivity index (χ2n) is 6.42. The molecule has 1 aromatic rings. The van der Waals surface area contributed by atoms with Crippen LogP contribution in [0.15, 0.2) is 12.1 Å². The van der Waals surface area contributed by atoms with Gasteiger partial charge in [-0.15, -0.1) is 0 Å². The number of aryl methyl sites for hydroxylation is 2. The van der Waals surface area contributed by atoms with E-state index in [0.717, 1.165) is 23.4 Å². The largest absolute Gasteiger partial charge is 0.313 e. The first-order chi connectivity index (χ1) is 9.02. The van der Waals surface area contributed by atoms with Crippen LogP contribution in [0.2, 0.25) is 0 Å². The van der Waals surface area contributed by atoms with Crippen molar-refractivity contribution < 1.29 is 0 Å². The summed E-state index contributed by atoms with van der Waals surface area (Å²) in [5.74, 6) is 2.47. The standard InChI is InChI=1S/C17H28N2/c1-11-6-8-15(10-12(11)2)17(18-5)16-9-7-13(3)19-14(16)4/h7,9,11-12,15,17-18H,6,8,10H2,1-5H3. The Morgan fingerprint density at radius 2 is 1.89 bits per heavy atom. The molecular formula is C17H28N2. The molecule has 1 fully saturated rings. The highest BCUT2D eigenvalue weighted by Crippen LogP contribution is 2.40. The molecule has 4 atom stereocenters. The van der Waals surface area contributed by atoms with E-state index in [0.29, 0.717) is 6.04 Å². The Kier molecular flexibility index (Phi) is 4.62. The van der Waals surface area contributed by atoms with Gasteiger partial charge in [-0.3, -0.25) is 4.98 Å². The van der Waals surface area contributed by atoms with Gasteiger partial charge in [0, 0.05) is 17.4 Å². The van der Waals surface area contributed by atoms with Crippen LogP contribution in [0.4, 0.5) is 0 Å². The van der Waals surface area contributed by atoms with E-state index in [2.05, 4.69) is 57.2 Å². The minimum Gasteiger partial charge on any atom is -0.313 e. The molecule has 1 aromatic heterocycles. The lowest BCUT2D eigenvalue weighted by atomic mass is 9.72. The Balaban J connectivity index is 2.20. The molecule has 1 saturated carbocycles. The number of rotatable bonds is 3. The van der Waals surface area contributed by atoms with Crippen LogP contribution in [0.1, 0.15) is 56.1 Å². The predicted molar refractivity (Wildman–Crippen MR) is 81.2 cm³/mol. The number of hydrogen-bond acceptors (Lipinski definition) is 2. The number of nitrogens with zero attached hydrogens (tertiary/aromatic N) is 1. The quantitative estimate of drug-likeness (QED) is 0.887. The van der Waals surface area contributed by atoms with Gasteiger partial charge >= 0.3 is 0 Å². The highest BCUT2D eigenvalue weighted by Gasteiger charge is 2.31.